The molecule has 32 heavy (non-hydrogen) atoms. The van der Waals surface area contributed by atoms with E-state index in [1.807, 2.05) is 57.8 Å². The Bertz CT molecular complexity index is 1310. The molecule has 0 aliphatic carbocycles. The monoisotopic (exact) mass is 446 g/mol. The highest BCUT2D eigenvalue weighted by Gasteiger charge is 2.10. The summed E-state index contributed by atoms with van der Waals surface area (Å²) < 4.78 is 7.75. The molecule has 0 atom stereocenters. The van der Waals surface area contributed by atoms with Gasteiger partial charge in [0.1, 0.15) is 12.4 Å². The maximum Gasteiger partial charge on any atom is 0.227 e. The van der Waals surface area contributed by atoms with Crippen molar-refractivity contribution in [3.63, 3.8) is 0 Å². The Hall–Kier alpha value is -3.60. The first-order valence-corrected chi connectivity index (χ1v) is 10.4. The van der Waals surface area contributed by atoms with Crippen LogP contribution in [0.3, 0.4) is 0 Å². The third-order valence-electron chi connectivity index (χ3n) is 4.81. The van der Waals surface area contributed by atoms with E-state index in [0.717, 1.165) is 34.5 Å². The number of aryl methyl sites for hydroxylation is 1. The number of anilines is 2. The van der Waals surface area contributed by atoms with E-state index in [1.54, 1.807) is 16.9 Å². The maximum absolute atomic E-state index is 6.38. The van der Waals surface area contributed by atoms with Crippen LogP contribution in [-0.4, -0.2) is 51.9 Å². The quantitative estimate of drug-likeness (QED) is 0.426. The van der Waals surface area contributed by atoms with E-state index in [-0.39, 0.29) is 0 Å². The molecule has 162 valence electrons. The zero-order valence-corrected chi connectivity index (χ0v) is 18.9. The number of benzene rings is 2. The molecule has 0 unspecified atom stereocenters. The van der Waals surface area contributed by atoms with E-state index in [1.165, 1.54) is 0 Å². The van der Waals surface area contributed by atoms with Gasteiger partial charge in [-0.25, -0.2) is 9.97 Å². The van der Waals surface area contributed by atoms with Gasteiger partial charge in [-0.3, -0.25) is 4.68 Å². The van der Waals surface area contributed by atoms with Gasteiger partial charge < -0.3 is 15.0 Å². The highest BCUT2D eigenvalue weighted by Crippen LogP contribution is 2.30. The predicted molar refractivity (Wildman–Crippen MR) is 128 cm³/mol. The SMILES string of the molecule is C#Cc1cc(Cl)c2nc(Nc3cc(OCCN(C)C)cc(-c4cnn(C)c4)c3)ncc2c1. The van der Waals surface area contributed by atoms with Crippen molar-refractivity contribution in [3.8, 4) is 29.2 Å². The standard InChI is InChI=1S/C24H23ClN6O/c1-5-16-8-18-13-26-24(29-23(18)22(25)9-16)28-20-10-17(19-14-27-31(4)15-19)11-21(12-20)32-7-6-30(2)3/h1,8-15H,6-7H2,2-4H3,(H,26,28,29). The molecule has 2 aromatic carbocycles. The van der Waals surface area contributed by atoms with Gasteiger partial charge in [-0.15, -0.1) is 6.42 Å². The molecule has 1 N–H and O–H groups in total. The topological polar surface area (TPSA) is 68.1 Å². The molecule has 0 fully saturated rings. The normalized spacial score (nSPS) is 11.0. The Balaban J connectivity index is 1.67. The highest BCUT2D eigenvalue weighted by molar-refractivity contribution is 6.35. The molecule has 4 aromatic rings. The summed E-state index contributed by atoms with van der Waals surface area (Å²) in [7, 11) is 5.91. The number of rotatable bonds is 7. The average molecular weight is 447 g/mol. The van der Waals surface area contributed by atoms with Crippen molar-refractivity contribution in [3.05, 3.63) is 59.5 Å². The smallest absolute Gasteiger partial charge is 0.227 e. The van der Waals surface area contributed by atoms with Crippen LogP contribution in [0, 0.1) is 12.3 Å². The number of fused-ring (bicyclic) bond motifs is 1. The van der Waals surface area contributed by atoms with Crippen molar-refractivity contribution in [2.24, 2.45) is 7.05 Å². The van der Waals surface area contributed by atoms with Gasteiger partial charge >= 0.3 is 0 Å². The van der Waals surface area contributed by atoms with Crippen LogP contribution in [-0.2, 0) is 7.05 Å². The first-order valence-electron chi connectivity index (χ1n) is 10.0. The van der Waals surface area contributed by atoms with Crippen molar-refractivity contribution >= 4 is 34.1 Å². The lowest BCUT2D eigenvalue weighted by Gasteiger charge is -2.14. The second kappa shape index (κ2) is 9.27. The van der Waals surface area contributed by atoms with Crippen molar-refractivity contribution in [2.75, 3.05) is 32.6 Å². The highest BCUT2D eigenvalue weighted by atomic mass is 35.5. The van der Waals surface area contributed by atoms with E-state index < -0.39 is 0 Å². The Kier molecular flexibility index (Phi) is 6.26. The van der Waals surface area contributed by atoms with E-state index in [9.17, 15) is 0 Å². The molecule has 0 aliphatic heterocycles. The lowest BCUT2D eigenvalue weighted by molar-refractivity contribution is 0.261. The van der Waals surface area contributed by atoms with E-state index >= 15 is 0 Å². The van der Waals surface area contributed by atoms with Crippen LogP contribution >= 0.6 is 11.6 Å². The zero-order valence-electron chi connectivity index (χ0n) is 18.1. The summed E-state index contributed by atoms with van der Waals surface area (Å²) in [5.74, 6) is 3.76. The van der Waals surface area contributed by atoms with Gasteiger partial charge in [0.2, 0.25) is 5.95 Å². The molecule has 0 radical (unpaired) electrons. The van der Waals surface area contributed by atoms with Crippen molar-refractivity contribution in [1.29, 1.82) is 0 Å². The fourth-order valence-corrected chi connectivity index (χ4v) is 3.48. The fraction of sp³-hybridized carbons (Fsp3) is 0.208. The number of nitrogens with one attached hydrogen (secondary N) is 1. The first kappa shape index (κ1) is 21.6. The molecule has 0 saturated heterocycles. The van der Waals surface area contributed by atoms with E-state index in [2.05, 4.69) is 31.2 Å². The first-order chi connectivity index (χ1) is 15.4. The van der Waals surface area contributed by atoms with Crippen LogP contribution in [0.5, 0.6) is 5.75 Å². The molecular formula is C24H23ClN6O. The minimum atomic E-state index is 0.426. The van der Waals surface area contributed by atoms with Gasteiger partial charge in [0.15, 0.2) is 0 Å². The van der Waals surface area contributed by atoms with E-state index in [4.69, 9.17) is 22.8 Å². The van der Waals surface area contributed by atoms with Crippen LogP contribution in [0.25, 0.3) is 22.0 Å². The Morgan fingerprint density at radius 2 is 2.00 bits per heavy atom. The van der Waals surface area contributed by atoms with Crippen LogP contribution in [0.2, 0.25) is 5.02 Å². The van der Waals surface area contributed by atoms with Crippen LogP contribution < -0.4 is 10.1 Å². The lowest BCUT2D eigenvalue weighted by Crippen LogP contribution is -2.19. The fourth-order valence-electron chi connectivity index (χ4n) is 3.21. The largest absolute Gasteiger partial charge is 0.492 e. The summed E-state index contributed by atoms with van der Waals surface area (Å²) in [4.78, 5) is 11.1. The molecule has 0 aliphatic rings. The molecular weight excluding hydrogens is 424 g/mol. The molecule has 0 spiro atoms. The molecule has 2 aromatic heterocycles. The third-order valence-corrected chi connectivity index (χ3v) is 5.10. The lowest BCUT2D eigenvalue weighted by atomic mass is 10.1. The number of hydrogen-bond acceptors (Lipinski definition) is 6. The average Bonchev–Trinajstić information content (AvgIpc) is 3.20. The Morgan fingerprint density at radius 3 is 2.72 bits per heavy atom. The van der Waals surface area contributed by atoms with Gasteiger partial charge in [-0.2, -0.15) is 5.10 Å². The number of ether oxygens (including phenoxy) is 1. The number of hydrogen-bond donors (Lipinski definition) is 1. The number of aromatic nitrogens is 4. The zero-order chi connectivity index (χ0) is 22.7. The van der Waals surface area contributed by atoms with Gasteiger partial charge in [0, 0.05) is 54.3 Å². The van der Waals surface area contributed by atoms with Gasteiger partial charge in [-0.05, 0) is 43.9 Å². The molecule has 8 heteroatoms. The predicted octanol–water partition coefficient (Wildman–Crippen LogP) is 4.35. The molecule has 4 rings (SSSR count). The Morgan fingerprint density at radius 1 is 1.16 bits per heavy atom. The minimum absolute atomic E-state index is 0.426. The molecule has 0 amide bonds. The van der Waals surface area contributed by atoms with Crippen LogP contribution in [0.15, 0.2) is 48.9 Å². The van der Waals surface area contributed by atoms with Crippen molar-refractivity contribution in [1.82, 2.24) is 24.6 Å². The summed E-state index contributed by atoms with van der Waals surface area (Å²) in [6.45, 7) is 1.38. The Labute approximate surface area is 192 Å². The van der Waals surface area contributed by atoms with Crippen molar-refractivity contribution in [2.45, 2.75) is 0 Å². The summed E-state index contributed by atoms with van der Waals surface area (Å²) in [6.07, 6.45) is 11.0. The number of nitrogens with zero attached hydrogens (tertiary/aromatic N) is 5. The summed E-state index contributed by atoms with van der Waals surface area (Å²) >= 11 is 6.38. The summed E-state index contributed by atoms with van der Waals surface area (Å²) in [5, 5.41) is 8.81. The number of halogens is 1. The second-order valence-corrected chi connectivity index (χ2v) is 8.07. The summed E-state index contributed by atoms with van der Waals surface area (Å²) in [6, 6.07) is 9.49. The number of terminal acetylenes is 1. The maximum atomic E-state index is 6.38. The number of likely N-dealkylation sites (N-methyl/N-ethyl adjacent to an activating group) is 1. The van der Waals surface area contributed by atoms with Crippen LogP contribution in [0.4, 0.5) is 11.6 Å². The molecule has 0 bridgehead atoms. The minimum Gasteiger partial charge on any atom is -0.492 e. The van der Waals surface area contributed by atoms with Crippen LogP contribution in [0.1, 0.15) is 5.56 Å². The molecule has 7 nitrogen and oxygen atoms in total. The van der Waals surface area contributed by atoms with E-state index in [0.29, 0.717) is 28.7 Å². The molecule has 2 heterocycles. The summed E-state index contributed by atoms with van der Waals surface area (Å²) in [5.41, 5.74) is 4.07. The second-order valence-electron chi connectivity index (χ2n) is 7.66. The van der Waals surface area contributed by atoms with Gasteiger partial charge in [0.25, 0.3) is 0 Å². The van der Waals surface area contributed by atoms with Gasteiger partial charge in [-0.1, -0.05) is 17.5 Å². The molecule has 0 saturated carbocycles. The van der Waals surface area contributed by atoms with Crippen molar-refractivity contribution < 1.29 is 4.74 Å². The van der Waals surface area contributed by atoms with Gasteiger partial charge in [0.05, 0.1) is 16.7 Å². The third kappa shape index (κ3) is 4.99.